The number of rotatable bonds is 10. The monoisotopic (exact) mass is 450 g/mol. The lowest BCUT2D eigenvalue weighted by Gasteiger charge is -2.51. The average molecular weight is 451 g/mol. The van der Waals surface area contributed by atoms with Crippen LogP contribution in [0.4, 0.5) is 0 Å². The van der Waals surface area contributed by atoms with E-state index in [-0.39, 0.29) is 30.9 Å². The van der Waals surface area contributed by atoms with Crippen molar-refractivity contribution >= 4 is 17.8 Å². The number of hydrogen-bond acceptors (Lipinski definition) is 5. The summed E-state index contributed by atoms with van der Waals surface area (Å²) in [4.78, 5) is 41.8. The minimum Gasteiger partial charge on any atom is -0.463 e. The van der Waals surface area contributed by atoms with Gasteiger partial charge in [0.25, 0.3) is 0 Å². The topological polar surface area (TPSA) is 76.2 Å². The smallest absolute Gasteiger partial charge is 0.333 e. The summed E-state index contributed by atoms with van der Waals surface area (Å²) in [6.07, 6.45) is 4.72. The van der Waals surface area contributed by atoms with Crippen LogP contribution in [0, 0.1) is 0 Å². The first-order valence-corrected chi connectivity index (χ1v) is 11.6. The van der Waals surface area contributed by atoms with Gasteiger partial charge >= 0.3 is 5.97 Å². The Bertz CT molecular complexity index is 706. The van der Waals surface area contributed by atoms with E-state index in [0.717, 1.165) is 12.8 Å². The molecule has 0 unspecified atom stereocenters. The number of carbonyl (C=O) groups excluding carboxylic acids is 3. The Labute approximate surface area is 193 Å². The summed E-state index contributed by atoms with van der Waals surface area (Å²) in [6, 6.07) is -0.924. The highest BCUT2D eigenvalue weighted by Gasteiger charge is 2.47. The summed E-state index contributed by atoms with van der Waals surface area (Å²) in [7, 11) is 0. The van der Waals surface area contributed by atoms with Crippen molar-refractivity contribution in [3.05, 3.63) is 24.3 Å². The molecule has 0 heterocycles. The van der Waals surface area contributed by atoms with Gasteiger partial charge < -0.3 is 19.3 Å². The number of amides is 2. The van der Waals surface area contributed by atoms with E-state index < -0.39 is 29.7 Å². The lowest BCUT2D eigenvalue weighted by atomic mass is 9.83. The van der Waals surface area contributed by atoms with Gasteiger partial charge in [0.1, 0.15) is 0 Å². The van der Waals surface area contributed by atoms with Crippen LogP contribution >= 0.6 is 0 Å². The highest BCUT2D eigenvalue weighted by molar-refractivity contribution is 5.89. The number of ether oxygens (including phenoxy) is 2. The van der Waals surface area contributed by atoms with E-state index >= 15 is 0 Å². The van der Waals surface area contributed by atoms with Crippen LogP contribution in [0.3, 0.4) is 0 Å². The Morgan fingerprint density at radius 1 is 1.16 bits per heavy atom. The molecular formula is C25H42N2O5. The minimum absolute atomic E-state index is 0.0418. The second-order valence-corrected chi connectivity index (χ2v) is 9.23. The van der Waals surface area contributed by atoms with Crippen LogP contribution in [-0.2, 0) is 23.9 Å². The van der Waals surface area contributed by atoms with E-state index in [2.05, 4.69) is 6.58 Å². The molecule has 32 heavy (non-hydrogen) atoms. The molecule has 0 saturated carbocycles. The number of esters is 1. The third-order valence-corrected chi connectivity index (χ3v) is 5.81. The largest absolute Gasteiger partial charge is 0.463 e. The first kappa shape index (κ1) is 27.9. The Balaban J connectivity index is 3.73. The Hall–Kier alpha value is -2.15. The van der Waals surface area contributed by atoms with Gasteiger partial charge in [-0.3, -0.25) is 9.59 Å². The van der Waals surface area contributed by atoms with Gasteiger partial charge in [-0.25, -0.2) is 4.79 Å². The second kappa shape index (κ2) is 12.2. The van der Waals surface area contributed by atoms with E-state index in [9.17, 15) is 14.4 Å². The number of nitrogens with zero attached hydrogens (tertiary/aromatic N) is 2. The molecule has 182 valence electrons. The predicted molar refractivity (Wildman–Crippen MR) is 126 cm³/mol. The molecule has 3 atom stereocenters. The van der Waals surface area contributed by atoms with Crippen molar-refractivity contribution < 1.29 is 23.9 Å². The molecule has 0 saturated heterocycles. The highest BCUT2D eigenvalue weighted by atomic mass is 16.5. The lowest BCUT2D eigenvalue weighted by molar-refractivity contribution is -0.153. The molecule has 0 aromatic carbocycles. The van der Waals surface area contributed by atoms with Crippen molar-refractivity contribution in [2.75, 3.05) is 13.2 Å². The molecule has 7 heteroatoms. The molecule has 0 radical (unpaired) electrons. The van der Waals surface area contributed by atoms with Crippen molar-refractivity contribution in [3.63, 3.8) is 0 Å². The standard InChI is InChI=1S/C25H42N2O5/c1-10-14-26(17(5)28)21-15-19(24(30)31-13-4)16-22(32-20(11-2)12-3)23(21)27(18(6)29)25(7,8)9/h10,16,20-23H,1,11-15H2,2-9H3/t21-,22+,23+/m0/s1. The number of hydrogen-bond donors (Lipinski definition) is 0. The van der Waals surface area contributed by atoms with Gasteiger partial charge in [0, 0.05) is 37.9 Å². The molecule has 0 bridgehead atoms. The SMILES string of the molecule is C=CCN(C(C)=O)[C@H]1CC(C(=O)OCC)=C[C@@H](OC(CC)CC)[C@@H]1N(C(C)=O)C(C)(C)C. The number of carbonyl (C=O) groups is 3. The molecule has 0 spiro atoms. The summed E-state index contributed by atoms with van der Waals surface area (Å²) >= 11 is 0. The third-order valence-electron chi connectivity index (χ3n) is 5.81. The second-order valence-electron chi connectivity index (χ2n) is 9.23. The molecule has 0 fully saturated rings. The molecule has 1 rings (SSSR count). The Morgan fingerprint density at radius 3 is 2.16 bits per heavy atom. The Kier molecular flexibility index (Phi) is 10.6. The van der Waals surface area contributed by atoms with Gasteiger partial charge in [-0.2, -0.15) is 0 Å². The third kappa shape index (κ3) is 6.92. The maximum atomic E-state index is 12.9. The van der Waals surface area contributed by atoms with Crippen molar-refractivity contribution in [2.45, 2.75) is 104 Å². The zero-order chi connectivity index (χ0) is 24.6. The van der Waals surface area contributed by atoms with E-state index in [4.69, 9.17) is 9.47 Å². The van der Waals surface area contributed by atoms with Gasteiger partial charge in [-0.15, -0.1) is 6.58 Å². The van der Waals surface area contributed by atoms with Crippen LogP contribution < -0.4 is 0 Å². The van der Waals surface area contributed by atoms with Crippen LogP contribution in [0.1, 0.15) is 74.7 Å². The first-order valence-electron chi connectivity index (χ1n) is 11.6. The maximum Gasteiger partial charge on any atom is 0.333 e. The van der Waals surface area contributed by atoms with Crippen molar-refractivity contribution in [1.82, 2.24) is 9.80 Å². The minimum atomic E-state index is -0.562. The van der Waals surface area contributed by atoms with Crippen LogP contribution in [-0.4, -0.2) is 70.6 Å². The first-order chi connectivity index (χ1) is 14.9. The van der Waals surface area contributed by atoms with E-state index in [0.29, 0.717) is 12.1 Å². The molecule has 1 aliphatic rings. The van der Waals surface area contributed by atoms with E-state index in [1.54, 1.807) is 28.9 Å². The molecule has 0 aromatic heterocycles. The molecule has 0 N–H and O–H groups in total. The molecule has 1 aliphatic carbocycles. The zero-order valence-corrected chi connectivity index (χ0v) is 21.1. The van der Waals surface area contributed by atoms with Gasteiger partial charge in [-0.1, -0.05) is 19.9 Å². The summed E-state index contributed by atoms with van der Waals surface area (Å²) in [5.41, 5.74) is -0.0484. The summed E-state index contributed by atoms with van der Waals surface area (Å²) in [6.45, 7) is 19.1. The predicted octanol–water partition coefficient (Wildman–Crippen LogP) is 3.87. The average Bonchev–Trinajstić information content (AvgIpc) is 2.69. The van der Waals surface area contributed by atoms with Crippen molar-refractivity contribution in [3.8, 4) is 0 Å². The van der Waals surface area contributed by atoms with Gasteiger partial charge in [0.15, 0.2) is 0 Å². The van der Waals surface area contributed by atoms with Gasteiger partial charge in [-0.05, 0) is 46.6 Å². The normalized spacial score (nSPS) is 21.0. The fraction of sp³-hybridized carbons (Fsp3) is 0.720. The summed E-state index contributed by atoms with van der Waals surface area (Å²) in [5, 5.41) is 0. The van der Waals surface area contributed by atoms with E-state index in [1.807, 2.05) is 34.6 Å². The molecular weight excluding hydrogens is 408 g/mol. The summed E-state index contributed by atoms with van der Waals surface area (Å²) < 4.78 is 11.8. The van der Waals surface area contributed by atoms with Crippen molar-refractivity contribution in [1.29, 1.82) is 0 Å². The molecule has 0 aliphatic heterocycles. The quantitative estimate of drug-likeness (QED) is 0.373. The van der Waals surface area contributed by atoms with Crippen LogP contribution in [0.25, 0.3) is 0 Å². The van der Waals surface area contributed by atoms with E-state index in [1.165, 1.54) is 13.8 Å². The Morgan fingerprint density at radius 2 is 1.75 bits per heavy atom. The fourth-order valence-corrected chi connectivity index (χ4v) is 4.51. The summed E-state index contributed by atoms with van der Waals surface area (Å²) in [5.74, 6) is -0.675. The fourth-order valence-electron chi connectivity index (χ4n) is 4.51. The lowest BCUT2D eigenvalue weighted by Crippen LogP contribution is -2.65. The van der Waals surface area contributed by atoms with Crippen LogP contribution in [0.5, 0.6) is 0 Å². The van der Waals surface area contributed by atoms with Crippen molar-refractivity contribution in [2.24, 2.45) is 0 Å². The molecule has 7 nitrogen and oxygen atoms in total. The zero-order valence-electron chi connectivity index (χ0n) is 21.1. The molecule has 2 amide bonds. The molecule has 0 aromatic rings. The van der Waals surface area contributed by atoms with Gasteiger partial charge in [0.2, 0.25) is 11.8 Å². The highest BCUT2D eigenvalue weighted by Crippen LogP contribution is 2.35. The van der Waals surface area contributed by atoms with Gasteiger partial charge in [0.05, 0.1) is 30.9 Å². The van der Waals surface area contributed by atoms with Crippen LogP contribution in [0.15, 0.2) is 24.3 Å². The van der Waals surface area contributed by atoms with Crippen LogP contribution in [0.2, 0.25) is 0 Å². The maximum absolute atomic E-state index is 12.9.